The van der Waals surface area contributed by atoms with Gasteiger partial charge in [0.15, 0.2) is 9.84 Å². The lowest BCUT2D eigenvalue weighted by molar-refractivity contribution is -0.133. The van der Waals surface area contributed by atoms with E-state index < -0.39 is 9.84 Å². The Kier molecular flexibility index (Phi) is 5.99. The third kappa shape index (κ3) is 4.80. The molecule has 0 unspecified atom stereocenters. The predicted octanol–water partition coefficient (Wildman–Crippen LogP) is 1.10. The van der Waals surface area contributed by atoms with Crippen molar-refractivity contribution in [1.29, 1.82) is 0 Å². The van der Waals surface area contributed by atoms with Crippen LogP contribution in [0.25, 0.3) is 0 Å². The quantitative estimate of drug-likeness (QED) is 0.813. The lowest BCUT2D eigenvalue weighted by Gasteiger charge is -2.22. The second-order valence-corrected chi connectivity index (χ2v) is 8.08. The number of carbonyl (C=O) groups excluding carboxylic acids is 2. The third-order valence-corrected chi connectivity index (χ3v) is 5.34. The number of benzene rings is 1. The molecule has 1 heterocycles. The van der Waals surface area contributed by atoms with Gasteiger partial charge >= 0.3 is 0 Å². The number of amides is 2. The van der Waals surface area contributed by atoms with Gasteiger partial charge in [0.1, 0.15) is 0 Å². The van der Waals surface area contributed by atoms with Gasteiger partial charge in [0, 0.05) is 38.9 Å². The van der Waals surface area contributed by atoms with Crippen LogP contribution in [0.4, 0.5) is 0 Å². The zero-order valence-electron chi connectivity index (χ0n) is 14.2. The molecule has 0 N–H and O–H groups in total. The smallest absolute Gasteiger partial charge is 0.227 e. The topological polar surface area (TPSA) is 74.8 Å². The molecule has 2 rings (SSSR count). The summed E-state index contributed by atoms with van der Waals surface area (Å²) < 4.78 is 22.9. The summed E-state index contributed by atoms with van der Waals surface area (Å²) in [5, 5.41) is 0. The molecule has 0 spiro atoms. The molecule has 24 heavy (non-hydrogen) atoms. The molecule has 7 heteroatoms. The molecule has 1 aliphatic heterocycles. The summed E-state index contributed by atoms with van der Waals surface area (Å²) in [6.07, 6.45) is 2.67. The van der Waals surface area contributed by atoms with Gasteiger partial charge in [-0.25, -0.2) is 8.42 Å². The summed E-state index contributed by atoms with van der Waals surface area (Å²) in [5.74, 6) is 0.133. The van der Waals surface area contributed by atoms with Crippen LogP contribution in [0, 0.1) is 0 Å². The molecule has 1 fully saturated rings. The standard InChI is InChI=1S/C17H24N2O4S/c1-3-16(20)18-9-4-10-19(12-11-18)17(21)13-14-5-7-15(8-6-14)24(2,22)23/h5-8H,3-4,9-13H2,1-2H3. The van der Waals surface area contributed by atoms with Crippen molar-refractivity contribution in [3.8, 4) is 0 Å². The maximum atomic E-state index is 12.5. The van der Waals surface area contributed by atoms with Gasteiger partial charge in [-0.2, -0.15) is 0 Å². The van der Waals surface area contributed by atoms with Crippen LogP contribution in [0.2, 0.25) is 0 Å². The van der Waals surface area contributed by atoms with Crippen molar-refractivity contribution in [3.05, 3.63) is 29.8 Å². The molecule has 1 aromatic rings. The summed E-state index contributed by atoms with van der Waals surface area (Å²) in [6, 6.07) is 6.42. The Morgan fingerprint density at radius 2 is 1.50 bits per heavy atom. The van der Waals surface area contributed by atoms with Crippen LogP contribution in [0.15, 0.2) is 29.2 Å². The minimum Gasteiger partial charge on any atom is -0.341 e. The van der Waals surface area contributed by atoms with Crippen molar-refractivity contribution >= 4 is 21.7 Å². The Morgan fingerprint density at radius 1 is 0.958 bits per heavy atom. The molecule has 1 saturated heterocycles. The first-order valence-electron chi connectivity index (χ1n) is 8.16. The fourth-order valence-corrected chi connectivity index (χ4v) is 3.41. The van der Waals surface area contributed by atoms with E-state index in [2.05, 4.69) is 0 Å². The molecule has 1 aromatic carbocycles. The summed E-state index contributed by atoms with van der Waals surface area (Å²) in [4.78, 5) is 28.1. The fourth-order valence-electron chi connectivity index (χ4n) is 2.78. The van der Waals surface area contributed by atoms with Gasteiger partial charge in [-0.1, -0.05) is 19.1 Å². The fraction of sp³-hybridized carbons (Fsp3) is 0.529. The highest BCUT2D eigenvalue weighted by Crippen LogP contribution is 2.12. The van der Waals surface area contributed by atoms with E-state index >= 15 is 0 Å². The van der Waals surface area contributed by atoms with Gasteiger partial charge in [0.25, 0.3) is 0 Å². The minimum atomic E-state index is -3.22. The van der Waals surface area contributed by atoms with E-state index in [0.717, 1.165) is 18.2 Å². The molecule has 0 bridgehead atoms. The molecule has 132 valence electrons. The number of nitrogens with zero attached hydrogens (tertiary/aromatic N) is 2. The lowest BCUT2D eigenvalue weighted by atomic mass is 10.1. The molecule has 0 atom stereocenters. The maximum absolute atomic E-state index is 12.5. The van der Waals surface area contributed by atoms with E-state index in [1.165, 1.54) is 12.1 Å². The molecule has 0 aliphatic carbocycles. The summed E-state index contributed by atoms with van der Waals surface area (Å²) >= 11 is 0. The van der Waals surface area contributed by atoms with Crippen molar-refractivity contribution in [2.24, 2.45) is 0 Å². The summed E-state index contributed by atoms with van der Waals surface area (Å²) in [5.41, 5.74) is 0.790. The highest BCUT2D eigenvalue weighted by atomic mass is 32.2. The molecule has 0 radical (unpaired) electrons. The first kappa shape index (κ1) is 18.4. The molecule has 0 saturated carbocycles. The number of hydrogen-bond acceptors (Lipinski definition) is 4. The number of sulfone groups is 1. The zero-order valence-corrected chi connectivity index (χ0v) is 15.0. The van der Waals surface area contributed by atoms with Crippen molar-refractivity contribution < 1.29 is 18.0 Å². The van der Waals surface area contributed by atoms with Crippen molar-refractivity contribution in [3.63, 3.8) is 0 Å². The summed E-state index contributed by atoms with van der Waals surface area (Å²) in [6.45, 7) is 4.31. The van der Waals surface area contributed by atoms with Crippen molar-refractivity contribution in [2.45, 2.75) is 31.1 Å². The molecule has 1 aliphatic rings. The Morgan fingerprint density at radius 3 is 2.00 bits per heavy atom. The van der Waals surface area contributed by atoms with Gasteiger partial charge in [0.05, 0.1) is 11.3 Å². The summed E-state index contributed by atoms with van der Waals surface area (Å²) in [7, 11) is -3.22. The highest BCUT2D eigenvalue weighted by Gasteiger charge is 2.21. The van der Waals surface area contributed by atoms with Crippen LogP contribution >= 0.6 is 0 Å². The van der Waals surface area contributed by atoms with Crippen LogP contribution in [-0.2, 0) is 25.8 Å². The SMILES string of the molecule is CCC(=O)N1CCCN(C(=O)Cc2ccc(S(C)(=O)=O)cc2)CC1. The first-order valence-corrected chi connectivity index (χ1v) is 10.0. The molecular formula is C17H24N2O4S. The van der Waals surface area contributed by atoms with E-state index in [1.54, 1.807) is 17.0 Å². The molecule has 0 aromatic heterocycles. The van der Waals surface area contributed by atoms with Crippen LogP contribution in [-0.4, -0.2) is 62.5 Å². The minimum absolute atomic E-state index is 0.00732. The largest absolute Gasteiger partial charge is 0.341 e. The van der Waals surface area contributed by atoms with Gasteiger partial charge < -0.3 is 9.80 Å². The van der Waals surface area contributed by atoms with E-state index in [1.807, 2.05) is 11.8 Å². The number of carbonyl (C=O) groups is 2. The van der Waals surface area contributed by atoms with Crippen LogP contribution in [0.5, 0.6) is 0 Å². The van der Waals surface area contributed by atoms with Gasteiger partial charge in [-0.05, 0) is 24.1 Å². The second-order valence-electron chi connectivity index (χ2n) is 6.06. The number of rotatable bonds is 4. The molecule has 2 amide bonds. The van der Waals surface area contributed by atoms with E-state index in [-0.39, 0.29) is 23.1 Å². The Labute approximate surface area is 143 Å². The van der Waals surface area contributed by atoms with E-state index in [0.29, 0.717) is 32.6 Å². The zero-order chi connectivity index (χ0) is 17.7. The first-order chi connectivity index (χ1) is 11.3. The van der Waals surface area contributed by atoms with Gasteiger partial charge in [-0.15, -0.1) is 0 Å². The number of hydrogen-bond donors (Lipinski definition) is 0. The Balaban J connectivity index is 1.96. The monoisotopic (exact) mass is 352 g/mol. The lowest BCUT2D eigenvalue weighted by Crippen LogP contribution is -2.37. The Hall–Kier alpha value is -1.89. The van der Waals surface area contributed by atoms with Crippen LogP contribution in [0.1, 0.15) is 25.3 Å². The van der Waals surface area contributed by atoms with Crippen LogP contribution < -0.4 is 0 Å². The highest BCUT2D eigenvalue weighted by molar-refractivity contribution is 7.90. The van der Waals surface area contributed by atoms with Gasteiger partial charge in [-0.3, -0.25) is 9.59 Å². The Bertz CT molecular complexity index is 698. The molecular weight excluding hydrogens is 328 g/mol. The second kappa shape index (κ2) is 7.79. The predicted molar refractivity (Wildman–Crippen MR) is 91.3 cm³/mol. The van der Waals surface area contributed by atoms with E-state index in [4.69, 9.17) is 0 Å². The van der Waals surface area contributed by atoms with Crippen molar-refractivity contribution in [2.75, 3.05) is 32.4 Å². The average molecular weight is 352 g/mol. The van der Waals surface area contributed by atoms with Gasteiger partial charge in [0.2, 0.25) is 11.8 Å². The van der Waals surface area contributed by atoms with Crippen molar-refractivity contribution in [1.82, 2.24) is 9.80 Å². The molecule has 6 nitrogen and oxygen atoms in total. The normalized spacial score (nSPS) is 15.9. The van der Waals surface area contributed by atoms with Crippen LogP contribution in [0.3, 0.4) is 0 Å². The average Bonchev–Trinajstić information content (AvgIpc) is 2.80. The maximum Gasteiger partial charge on any atom is 0.227 e. The third-order valence-electron chi connectivity index (χ3n) is 4.21. The van der Waals surface area contributed by atoms with E-state index in [9.17, 15) is 18.0 Å².